The lowest BCUT2D eigenvalue weighted by molar-refractivity contribution is -0.122. The molecule has 4 aliphatic carbocycles. The predicted octanol–water partition coefficient (Wildman–Crippen LogP) is 2.62. The lowest BCUT2D eigenvalue weighted by Gasteiger charge is -2.21. The van der Waals surface area contributed by atoms with Gasteiger partial charge in [-0.3, -0.25) is 20.2 Å². The molecule has 0 radical (unpaired) electrons. The Morgan fingerprint density at radius 1 is 0.769 bits per heavy atom. The fraction of sp³-hybridized carbons (Fsp3) is 0.737. The van der Waals surface area contributed by atoms with Gasteiger partial charge in [0, 0.05) is 11.8 Å². The third kappa shape index (κ3) is 2.87. The Bertz CT molecular complexity index is 681. The zero-order valence-electron chi connectivity index (χ0n) is 14.9. The van der Waals surface area contributed by atoms with Gasteiger partial charge in [0.2, 0.25) is 23.7 Å². The number of anilines is 2. The fourth-order valence-corrected chi connectivity index (χ4v) is 5.95. The first kappa shape index (κ1) is 16.1. The molecule has 1 heterocycles. The maximum absolute atomic E-state index is 12.5. The number of fused-ring (bicyclic) bond motifs is 4. The molecule has 4 aliphatic rings. The molecule has 0 aliphatic heterocycles. The molecule has 2 amide bonds. The van der Waals surface area contributed by atoms with Gasteiger partial charge in [-0.2, -0.15) is 4.98 Å². The molecule has 0 spiro atoms. The molecule has 4 saturated carbocycles. The van der Waals surface area contributed by atoms with Gasteiger partial charge >= 0.3 is 0 Å². The Morgan fingerprint density at radius 3 is 1.65 bits per heavy atom. The normalized spacial score (nSPS) is 37.1. The number of hydrogen-bond donors (Lipinski definition) is 2. The molecule has 0 aromatic carbocycles. The van der Waals surface area contributed by atoms with Gasteiger partial charge in [-0.1, -0.05) is 12.8 Å². The second kappa shape index (κ2) is 6.28. The largest absolute Gasteiger partial charge is 0.294 e. The van der Waals surface area contributed by atoms with Gasteiger partial charge in [0.1, 0.15) is 6.33 Å². The summed E-state index contributed by atoms with van der Waals surface area (Å²) in [4.78, 5) is 37.4. The van der Waals surface area contributed by atoms with Gasteiger partial charge in [-0.25, -0.2) is 9.97 Å². The second-order valence-corrected chi connectivity index (χ2v) is 8.67. The van der Waals surface area contributed by atoms with E-state index < -0.39 is 0 Å². The number of aromatic nitrogens is 3. The number of amides is 2. The molecule has 2 N–H and O–H groups in total. The zero-order valence-corrected chi connectivity index (χ0v) is 14.9. The van der Waals surface area contributed by atoms with Crippen molar-refractivity contribution < 1.29 is 9.59 Å². The monoisotopic (exact) mass is 355 g/mol. The molecule has 4 bridgehead atoms. The van der Waals surface area contributed by atoms with E-state index in [9.17, 15) is 9.59 Å². The number of nitrogens with one attached hydrogen (secondary N) is 2. The van der Waals surface area contributed by atoms with Crippen LogP contribution in [0.25, 0.3) is 0 Å². The average molecular weight is 355 g/mol. The van der Waals surface area contributed by atoms with Gasteiger partial charge < -0.3 is 0 Å². The third-order valence-corrected chi connectivity index (χ3v) is 7.19. The molecule has 138 valence electrons. The van der Waals surface area contributed by atoms with Crippen molar-refractivity contribution in [1.82, 2.24) is 15.0 Å². The van der Waals surface area contributed by atoms with Crippen LogP contribution in [0.4, 0.5) is 11.9 Å². The van der Waals surface area contributed by atoms with Crippen LogP contribution in [0.3, 0.4) is 0 Å². The fourth-order valence-electron chi connectivity index (χ4n) is 5.95. The molecule has 7 nitrogen and oxygen atoms in total. The van der Waals surface area contributed by atoms with Crippen LogP contribution >= 0.6 is 0 Å². The maximum Gasteiger partial charge on any atom is 0.234 e. The first-order valence-electron chi connectivity index (χ1n) is 9.96. The van der Waals surface area contributed by atoms with Crippen molar-refractivity contribution in [2.75, 3.05) is 10.6 Å². The van der Waals surface area contributed by atoms with Crippen molar-refractivity contribution in [2.45, 2.75) is 51.4 Å². The zero-order chi connectivity index (χ0) is 17.7. The molecule has 5 rings (SSSR count). The van der Waals surface area contributed by atoms with E-state index in [1.165, 1.54) is 32.0 Å². The third-order valence-electron chi connectivity index (χ3n) is 7.19. The second-order valence-electron chi connectivity index (χ2n) is 8.67. The quantitative estimate of drug-likeness (QED) is 0.865. The first-order chi connectivity index (χ1) is 12.7. The smallest absolute Gasteiger partial charge is 0.234 e. The summed E-state index contributed by atoms with van der Waals surface area (Å²) in [6.07, 6.45) is 10.5. The molecular formula is C19H25N5O2. The van der Waals surface area contributed by atoms with Crippen molar-refractivity contribution in [3.8, 4) is 0 Å². The number of carbonyl (C=O) groups is 2. The van der Waals surface area contributed by atoms with Crippen LogP contribution in [0.5, 0.6) is 0 Å². The predicted molar refractivity (Wildman–Crippen MR) is 95.0 cm³/mol. The van der Waals surface area contributed by atoms with Crippen molar-refractivity contribution in [2.24, 2.45) is 35.5 Å². The van der Waals surface area contributed by atoms with Crippen molar-refractivity contribution in [3.05, 3.63) is 6.33 Å². The van der Waals surface area contributed by atoms with E-state index in [0.717, 1.165) is 25.7 Å². The Balaban J connectivity index is 1.21. The van der Waals surface area contributed by atoms with E-state index in [1.54, 1.807) is 0 Å². The Hall–Kier alpha value is -2.05. The highest BCUT2D eigenvalue weighted by molar-refractivity contribution is 5.93. The molecule has 1 aromatic rings. The van der Waals surface area contributed by atoms with Crippen LogP contribution in [0, 0.1) is 35.5 Å². The summed E-state index contributed by atoms with van der Waals surface area (Å²) >= 11 is 0. The summed E-state index contributed by atoms with van der Waals surface area (Å²) in [5.74, 6) is 3.10. The van der Waals surface area contributed by atoms with Crippen LogP contribution in [0.15, 0.2) is 6.33 Å². The number of hydrogen-bond acceptors (Lipinski definition) is 5. The summed E-state index contributed by atoms with van der Waals surface area (Å²) in [5.41, 5.74) is 0. The van der Waals surface area contributed by atoms with E-state index in [-0.39, 0.29) is 35.5 Å². The minimum Gasteiger partial charge on any atom is -0.294 e. The molecule has 1 aromatic heterocycles. The standard InChI is InChI=1S/C19H25N5O2/c25-16(14-7-10-1-3-12(14)5-10)22-18-20-9-21-19(24-18)23-17(26)15-8-11-2-4-13(15)6-11/h9-15H,1-8H2,(H2,20,21,22,23,24,25,26). The van der Waals surface area contributed by atoms with Gasteiger partial charge in [-0.15, -0.1) is 0 Å². The van der Waals surface area contributed by atoms with Crippen molar-refractivity contribution in [1.29, 1.82) is 0 Å². The molecule has 26 heavy (non-hydrogen) atoms. The highest BCUT2D eigenvalue weighted by Gasteiger charge is 2.44. The van der Waals surface area contributed by atoms with Gasteiger partial charge in [0.15, 0.2) is 0 Å². The summed E-state index contributed by atoms with van der Waals surface area (Å²) in [7, 11) is 0. The first-order valence-corrected chi connectivity index (χ1v) is 9.96. The Kier molecular flexibility index (Phi) is 3.90. The molecule has 0 saturated heterocycles. The highest BCUT2D eigenvalue weighted by Crippen LogP contribution is 2.49. The summed E-state index contributed by atoms with van der Waals surface area (Å²) < 4.78 is 0. The molecule has 7 heteroatoms. The highest BCUT2D eigenvalue weighted by atomic mass is 16.2. The minimum atomic E-state index is 0.00813. The van der Waals surface area contributed by atoms with Gasteiger partial charge in [0.25, 0.3) is 0 Å². The van der Waals surface area contributed by atoms with Crippen LogP contribution in [-0.4, -0.2) is 26.8 Å². The average Bonchev–Trinajstić information content (AvgIpc) is 3.42. The van der Waals surface area contributed by atoms with Crippen LogP contribution in [-0.2, 0) is 9.59 Å². The van der Waals surface area contributed by atoms with E-state index in [1.807, 2.05) is 0 Å². The van der Waals surface area contributed by atoms with E-state index in [4.69, 9.17) is 0 Å². The molecular weight excluding hydrogens is 330 g/mol. The molecule has 6 unspecified atom stereocenters. The molecule has 6 atom stereocenters. The van der Waals surface area contributed by atoms with Crippen LogP contribution in [0.1, 0.15) is 51.4 Å². The van der Waals surface area contributed by atoms with E-state index >= 15 is 0 Å². The van der Waals surface area contributed by atoms with Crippen LogP contribution in [0.2, 0.25) is 0 Å². The maximum atomic E-state index is 12.5. The number of nitrogens with zero attached hydrogens (tertiary/aromatic N) is 3. The lowest BCUT2D eigenvalue weighted by atomic mass is 9.88. The Morgan fingerprint density at radius 2 is 1.27 bits per heavy atom. The van der Waals surface area contributed by atoms with E-state index in [2.05, 4.69) is 25.6 Å². The number of rotatable bonds is 4. The van der Waals surface area contributed by atoms with E-state index in [0.29, 0.717) is 23.7 Å². The SMILES string of the molecule is O=C(Nc1ncnc(NC(=O)C2CC3CCC2C3)n1)C1CC2CCC1C2. The van der Waals surface area contributed by atoms with Gasteiger partial charge in [-0.05, 0) is 62.2 Å². The van der Waals surface area contributed by atoms with Crippen molar-refractivity contribution >= 4 is 23.7 Å². The summed E-state index contributed by atoms with van der Waals surface area (Å²) in [5, 5.41) is 5.65. The minimum absolute atomic E-state index is 0.00813. The van der Waals surface area contributed by atoms with Crippen molar-refractivity contribution in [3.63, 3.8) is 0 Å². The van der Waals surface area contributed by atoms with Crippen LogP contribution < -0.4 is 10.6 Å². The topological polar surface area (TPSA) is 96.9 Å². The summed E-state index contributed by atoms with van der Waals surface area (Å²) in [6, 6.07) is 0. The lowest BCUT2D eigenvalue weighted by Crippen LogP contribution is -2.29. The number of carbonyl (C=O) groups excluding carboxylic acids is 2. The molecule has 4 fully saturated rings. The Labute approximate surface area is 152 Å². The van der Waals surface area contributed by atoms with Gasteiger partial charge in [0.05, 0.1) is 0 Å². The summed E-state index contributed by atoms with van der Waals surface area (Å²) in [6.45, 7) is 0.